The third-order valence-corrected chi connectivity index (χ3v) is 3.29. The molecule has 0 fully saturated rings. The molecule has 0 aliphatic heterocycles. The highest BCUT2D eigenvalue weighted by molar-refractivity contribution is 6.10. The van der Waals surface area contributed by atoms with Crippen LogP contribution in [0.5, 0.6) is 5.75 Å². The van der Waals surface area contributed by atoms with Gasteiger partial charge < -0.3 is 9.47 Å². The normalized spacial score (nSPS) is 18.4. The van der Waals surface area contributed by atoms with Gasteiger partial charge in [0, 0.05) is 5.56 Å². The van der Waals surface area contributed by atoms with Crippen molar-refractivity contribution < 1.29 is 19.1 Å². The zero-order chi connectivity index (χ0) is 14.9. The molecule has 108 valence electrons. The van der Waals surface area contributed by atoms with Gasteiger partial charge in [0.1, 0.15) is 17.3 Å². The molecule has 0 N–H and O–H groups in total. The zero-order valence-electron chi connectivity index (χ0n) is 12.4. The maximum absolute atomic E-state index is 12.5. The van der Waals surface area contributed by atoms with E-state index in [-0.39, 0.29) is 5.78 Å². The standard InChI is InChI=1S/C16H20O4/c1-16(2,3)20-15(18)12-8-6-10-5-7-11(19-4)9-13(10)14(12)17/h5,7,9,12H,6,8H2,1-4H3. The first-order chi connectivity index (χ1) is 9.31. The molecule has 1 aromatic rings. The molecule has 0 saturated carbocycles. The molecule has 4 heteroatoms. The van der Waals surface area contributed by atoms with Gasteiger partial charge in [0.15, 0.2) is 5.78 Å². The van der Waals surface area contributed by atoms with Gasteiger partial charge in [-0.05, 0) is 51.3 Å². The fourth-order valence-corrected chi connectivity index (χ4v) is 2.35. The van der Waals surface area contributed by atoms with E-state index in [2.05, 4.69) is 0 Å². The lowest BCUT2D eigenvalue weighted by Crippen LogP contribution is -2.35. The number of carbonyl (C=O) groups is 2. The smallest absolute Gasteiger partial charge is 0.317 e. The summed E-state index contributed by atoms with van der Waals surface area (Å²) in [4.78, 5) is 24.6. The first-order valence-electron chi connectivity index (χ1n) is 6.76. The highest BCUT2D eigenvalue weighted by Crippen LogP contribution is 2.30. The van der Waals surface area contributed by atoms with Crippen LogP contribution in [0.25, 0.3) is 0 Å². The molecule has 0 spiro atoms. The highest BCUT2D eigenvalue weighted by Gasteiger charge is 2.35. The highest BCUT2D eigenvalue weighted by atomic mass is 16.6. The molecule has 1 atom stereocenters. The first-order valence-corrected chi connectivity index (χ1v) is 6.76. The lowest BCUT2D eigenvalue weighted by molar-refractivity contribution is -0.158. The Hall–Kier alpha value is -1.84. The van der Waals surface area contributed by atoms with E-state index >= 15 is 0 Å². The summed E-state index contributed by atoms with van der Waals surface area (Å²) < 4.78 is 10.5. The van der Waals surface area contributed by atoms with Crippen LogP contribution in [-0.2, 0) is 16.0 Å². The fraction of sp³-hybridized carbons (Fsp3) is 0.500. The molecular formula is C16H20O4. The maximum Gasteiger partial charge on any atom is 0.317 e. The largest absolute Gasteiger partial charge is 0.497 e. The van der Waals surface area contributed by atoms with Gasteiger partial charge in [0.25, 0.3) is 0 Å². The van der Waals surface area contributed by atoms with Crippen molar-refractivity contribution in [3.05, 3.63) is 29.3 Å². The average Bonchev–Trinajstić information content (AvgIpc) is 2.36. The number of hydrogen-bond donors (Lipinski definition) is 0. The van der Waals surface area contributed by atoms with Gasteiger partial charge in [0.05, 0.1) is 7.11 Å². The molecule has 0 amide bonds. The first kappa shape index (κ1) is 14.6. The SMILES string of the molecule is COc1ccc2c(c1)C(=O)C(C(=O)OC(C)(C)C)CC2. The van der Waals surface area contributed by atoms with Crippen LogP contribution < -0.4 is 4.74 Å². The van der Waals surface area contributed by atoms with Crippen molar-refractivity contribution in [2.24, 2.45) is 5.92 Å². The van der Waals surface area contributed by atoms with Gasteiger partial charge in [-0.1, -0.05) is 6.07 Å². The molecule has 20 heavy (non-hydrogen) atoms. The molecule has 0 radical (unpaired) electrons. The number of carbonyl (C=O) groups excluding carboxylic acids is 2. The van der Waals surface area contributed by atoms with Gasteiger partial charge in [-0.2, -0.15) is 0 Å². The molecule has 1 aliphatic rings. The molecule has 0 saturated heterocycles. The Bertz CT molecular complexity index is 540. The minimum Gasteiger partial charge on any atom is -0.497 e. The lowest BCUT2D eigenvalue weighted by Gasteiger charge is -2.26. The van der Waals surface area contributed by atoms with Gasteiger partial charge in [-0.25, -0.2) is 0 Å². The van der Waals surface area contributed by atoms with Gasteiger partial charge in [0.2, 0.25) is 0 Å². The maximum atomic E-state index is 12.5. The van der Waals surface area contributed by atoms with Gasteiger partial charge in [-0.3, -0.25) is 9.59 Å². The summed E-state index contributed by atoms with van der Waals surface area (Å²) in [6, 6.07) is 5.42. The molecule has 0 bridgehead atoms. The number of rotatable bonds is 2. The van der Waals surface area contributed by atoms with Crippen molar-refractivity contribution in [3.63, 3.8) is 0 Å². The van der Waals surface area contributed by atoms with Crippen LogP contribution in [0.1, 0.15) is 43.1 Å². The minimum atomic E-state index is -0.700. The second-order valence-corrected chi connectivity index (χ2v) is 6.01. The van der Waals surface area contributed by atoms with Crippen LogP contribution in [0.4, 0.5) is 0 Å². The second-order valence-electron chi connectivity index (χ2n) is 6.01. The van der Waals surface area contributed by atoms with Crippen molar-refractivity contribution >= 4 is 11.8 Å². The summed E-state index contributed by atoms with van der Waals surface area (Å²) in [5, 5.41) is 0. The summed E-state index contributed by atoms with van der Waals surface area (Å²) in [5.41, 5.74) is 0.966. The minimum absolute atomic E-state index is 0.167. The van der Waals surface area contributed by atoms with Crippen LogP contribution in [0.3, 0.4) is 0 Å². The number of Topliss-reactive ketones (excluding diaryl/α,β-unsaturated/α-hetero) is 1. The van der Waals surface area contributed by atoms with Crippen molar-refractivity contribution in [1.29, 1.82) is 0 Å². The number of ether oxygens (including phenoxy) is 2. The summed E-state index contributed by atoms with van der Waals surface area (Å²) in [5.74, 6) is -0.675. The number of hydrogen-bond acceptors (Lipinski definition) is 4. The quantitative estimate of drug-likeness (QED) is 0.615. The van der Waals surface area contributed by atoms with Crippen molar-refractivity contribution in [2.45, 2.75) is 39.2 Å². The molecule has 1 aromatic carbocycles. The predicted octanol–water partition coefficient (Wildman–Crippen LogP) is 2.78. The Morgan fingerprint density at radius 3 is 2.60 bits per heavy atom. The predicted molar refractivity (Wildman–Crippen MR) is 75.0 cm³/mol. The zero-order valence-corrected chi connectivity index (χ0v) is 12.4. The molecule has 1 aliphatic carbocycles. The van der Waals surface area contributed by atoms with E-state index < -0.39 is 17.5 Å². The van der Waals surface area contributed by atoms with E-state index in [0.717, 1.165) is 5.56 Å². The number of aryl methyl sites for hydroxylation is 1. The molecular weight excluding hydrogens is 256 g/mol. The lowest BCUT2D eigenvalue weighted by atomic mass is 9.82. The summed E-state index contributed by atoms with van der Waals surface area (Å²) in [6.45, 7) is 5.40. The Morgan fingerprint density at radius 2 is 2.00 bits per heavy atom. The number of methoxy groups -OCH3 is 1. The molecule has 0 aromatic heterocycles. The fourth-order valence-electron chi connectivity index (χ4n) is 2.35. The third-order valence-electron chi connectivity index (χ3n) is 3.29. The van der Waals surface area contributed by atoms with Crippen LogP contribution in [-0.4, -0.2) is 24.5 Å². The van der Waals surface area contributed by atoms with E-state index in [0.29, 0.717) is 24.2 Å². The summed E-state index contributed by atoms with van der Waals surface area (Å²) in [6.07, 6.45) is 1.21. The number of esters is 1. The number of fused-ring (bicyclic) bond motifs is 1. The number of benzene rings is 1. The summed E-state index contributed by atoms with van der Waals surface area (Å²) >= 11 is 0. The Balaban J connectivity index is 2.24. The van der Waals surface area contributed by atoms with Crippen LogP contribution in [0.2, 0.25) is 0 Å². The van der Waals surface area contributed by atoms with Gasteiger partial charge in [-0.15, -0.1) is 0 Å². The Kier molecular flexibility index (Phi) is 3.84. The second kappa shape index (κ2) is 5.27. The van der Waals surface area contributed by atoms with Crippen molar-refractivity contribution in [1.82, 2.24) is 0 Å². The monoisotopic (exact) mass is 276 g/mol. The average molecular weight is 276 g/mol. The molecule has 4 nitrogen and oxygen atoms in total. The van der Waals surface area contributed by atoms with Gasteiger partial charge >= 0.3 is 5.97 Å². The molecule has 1 unspecified atom stereocenters. The Morgan fingerprint density at radius 1 is 1.30 bits per heavy atom. The van der Waals surface area contributed by atoms with Crippen LogP contribution in [0, 0.1) is 5.92 Å². The number of ketones is 1. The molecule has 2 rings (SSSR count). The van der Waals surface area contributed by atoms with Crippen LogP contribution >= 0.6 is 0 Å². The van der Waals surface area contributed by atoms with E-state index in [4.69, 9.17) is 9.47 Å². The van der Waals surface area contributed by atoms with E-state index in [1.54, 1.807) is 33.9 Å². The van der Waals surface area contributed by atoms with Crippen molar-refractivity contribution in [2.75, 3.05) is 7.11 Å². The van der Waals surface area contributed by atoms with E-state index in [1.165, 1.54) is 0 Å². The topological polar surface area (TPSA) is 52.6 Å². The Labute approximate surface area is 119 Å². The third kappa shape index (κ3) is 3.00. The van der Waals surface area contributed by atoms with E-state index in [1.807, 2.05) is 12.1 Å². The molecule has 0 heterocycles. The summed E-state index contributed by atoms with van der Waals surface area (Å²) in [7, 11) is 1.56. The van der Waals surface area contributed by atoms with E-state index in [9.17, 15) is 9.59 Å². The van der Waals surface area contributed by atoms with Crippen LogP contribution in [0.15, 0.2) is 18.2 Å². The van der Waals surface area contributed by atoms with Crippen molar-refractivity contribution in [3.8, 4) is 5.75 Å².